The van der Waals surface area contributed by atoms with E-state index >= 15 is 0 Å². The van der Waals surface area contributed by atoms with Crippen LogP contribution in [0.1, 0.15) is 50.2 Å². The van der Waals surface area contributed by atoms with E-state index < -0.39 is 0 Å². The Kier molecular flexibility index (Phi) is 6.01. The minimum Gasteiger partial charge on any atom is -0.341 e. The predicted octanol–water partition coefficient (Wildman–Crippen LogP) is 3.61. The molecular weight excluding hydrogens is 272 g/mol. The molecule has 3 heteroatoms. The number of hydrogen-bond donors (Lipinski definition) is 0. The average Bonchev–Trinajstić information content (AvgIpc) is 2.55. The average molecular weight is 302 g/mol. The molecule has 1 amide bonds. The lowest BCUT2D eigenvalue weighted by molar-refractivity contribution is -0.137. The SMILES string of the molecule is Cc1ccc(CN(C)C(C)C(=O)N(C)C2CCCCC2)cc1. The first kappa shape index (κ1) is 17.0. The summed E-state index contributed by atoms with van der Waals surface area (Å²) in [6.07, 6.45) is 6.17. The van der Waals surface area contributed by atoms with Crippen LogP contribution in [0, 0.1) is 6.92 Å². The number of amides is 1. The number of carbonyl (C=O) groups excluding carboxylic acids is 1. The van der Waals surface area contributed by atoms with Gasteiger partial charge in [-0.2, -0.15) is 0 Å². The van der Waals surface area contributed by atoms with E-state index in [0.717, 1.165) is 19.4 Å². The smallest absolute Gasteiger partial charge is 0.239 e. The molecule has 1 aliphatic rings. The van der Waals surface area contributed by atoms with Crippen molar-refractivity contribution in [3.8, 4) is 0 Å². The standard InChI is InChI=1S/C19H30N2O/c1-15-10-12-17(13-11-15)14-20(3)16(2)19(22)21(4)18-8-6-5-7-9-18/h10-13,16,18H,5-9,14H2,1-4H3. The van der Waals surface area contributed by atoms with Crippen LogP contribution in [-0.4, -0.2) is 41.9 Å². The number of aryl methyl sites for hydroxylation is 1. The molecule has 1 aromatic carbocycles. The summed E-state index contributed by atoms with van der Waals surface area (Å²) in [6.45, 7) is 4.93. The zero-order valence-electron chi connectivity index (χ0n) is 14.5. The lowest BCUT2D eigenvalue weighted by Gasteiger charge is -2.35. The van der Waals surface area contributed by atoms with Crippen molar-refractivity contribution >= 4 is 5.91 Å². The van der Waals surface area contributed by atoms with Gasteiger partial charge in [0, 0.05) is 19.6 Å². The number of nitrogens with zero attached hydrogens (tertiary/aromatic N) is 2. The molecule has 0 bridgehead atoms. The summed E-state index contributed by atoms with van der Waals surface area (Å²) < 4.78 is 0. The highest BCUT2D eigenvalue weighted by molar-refractivity contribution is 5.81. The van der Waals surface area contributed by atoms with Gasteiger partial charge in [0.15, 0.2) is 0 Å². The molecule has 0 aliphatic heterocycles. The number of benzene rings is 1. The Balaban J connectivity index is 1.92. The minimum atomic E-state index is -0.0757. The second-order valence-electron chi connectivity index (χ2n) is 6.82. The van der Waals surface area contributed by atoms with E-state index in [1.807, 2.05) is 25.9 Å². The largest absolute Gasteiger partial charge is 0.341 e. The molecule has 2 rings (SSSR count). The van der Waals surface area contributed by atoms with Gasteiger partial charge in [0.05, 0.1) is 6.04 Å². The van der Waals surface area contributed by atoms with E-state index in [2.05, 4.69) is 36.1 Å². The maximum absolute atomic E-state index is 12.7. The maximum Gasteiger partial charge on any atom is 0.239 e. The van der Waals surface area contributed by atoms with Crippen LogP contribution in [-0.2, 0) is 11.3 Å². The monoisotopic (exact) mass is 302 g/mol. The van der Waals surface area contributed by atoms with Crippen molar-refractivity contribution in [2.24, 2.45) is 0 Å². The number of carbonyl (C=O) groups is 1. The van der Waals surface area contributed by atoms with E-state index in [0.29, 0.717) is 6.04 Å². The molecule has 0 heterocycles. The Labute approximate surface area is 135 Å². The zero-order chi connectivity index (χ0) is 16.1. The van der Waals surface area contributed by atoms with Gasteiger partial charge in [-0.3, -0.25) is 9.69 Å². The Hall–Kier alpha value is -1.35. The molecule has 0 saturated heterocycles. The summed E-state index contributed by atoms with van der Waals surface area (Å²) in [5.41, 5.74) is 2.53. The summed E-state index contributed by atoms with van der Waals surface area (Å²) in [6, 6.07) is 8.92. The van der Waals surface area contributed by atoms with Crippen LogP contribution in [0.25, 0.3) is 0 Å². The number of likely N-dealkylation sites (N-methyl/N-ethyl adjacent to an activating group) is 2. The van der Waals surface area contributed by atoms with Gasteiger partial charge in [0.2, 0.25) is 5.91 Å². The zero-order valence-corrected chi connectivity index (χ0v) is 14.5. The Morgan fingerprint density at radius 3 is 2.32 bits per heavy atom. The molecule has 1 saturated carbocycles. The minimum absolute atomic E-state index is 0.0757. The summed E-state index contributed by atoms with van der Waals surface area (Å²) in [5.74, 6) is 0.251. The Morgan fingerprint density at radius 2 is 1.73 bits per heavy atom. The molecule has 122 valence electrons. The van der Waals surface area contributed by atoms with Crippen LogP contribution in [0.5, 0.6) is 0 Å². The van der Waals surface area contributed by atoms with Gasteiger partial charge in [-0.05, 0) is 39.3 Å². The maximum atomic E-state index is 12.7. The summed E-state index contributed by atoms with van der Waals surface area (Å²) in [5, 5.41) is 0. The van der Waals surface area contributed by atoms with Crippen LogP contribution < -0.4 is 0 Å². The molecule has 0 N–H and O–H groups in total. The molecule has 0 spiro atoms. The van der Waals surface area contributed by atoms with E-state index in [4.69, 9.17) is 0 Å². The van der Waals surface area contributed by atoms with Gasteiger partial charge < -0.3 is 4.90 Å². The fourth-order valence-electron chi connectivity index (χ4n) is 3.25. The first-order valence-electron chi connectivity index (χ1n) is 8.51. The third-order valence-corrected chi connectivity index (χ3v) is 5.04. The van der Waals surface area contributed by atoms with Crippen LogP contribution in [0.4, 0.5) is 0 Å². The molecule has 22 heavy (non-hydrogen) atoms. The Morgan fingerprint density at radius 1 is 1.14 bits per heavy atom. The van der Waals surface area contributed by atoms with Crippen molar-refractivity contribution in [1.82, 2.24) is 9.80 Å². The first-order valence-corrected chi connectivity index (χ1v) is 8.51. The molecule has 1 atom stereocenters. The van der Waals surface area contributed by atoms with E-state index in [1.165, 1.54) is 30.4 Å². The van der Waals surface area contributed by atoms with Gasteiger partial charge in [0.25, 0.3) is 0 Å². The highest BCUT2D eigenvalue weighted by Crippen LogP contribution is 2.22. The number of hydrogen-bond acceptors (Lipinski definition) is 2. The third-order valence-electron chi connectivity index (χ3n) is 5.04. The van der Waals surface area contributed by atoms with Gasteiger partial charge >= 0.3 is 0 Å². The van der Waals surface area contributed by atoms with Crippen molar-refractivity contribution in [2.45, 2.75) is 64.6 Å². The summed E-state index contributed by atoms with van der Waals surface area (Å²) in [4.78, 5) is 16.9. The summed E-state index contributed by atoms with van der Waals surface area (Å²) in [7, 11) is 4.02. The third kappa shape index (κ3) is 4.33. The van der Waals surface area contributed by atoms with E-state index in [1.54, 1.807) is 0 Å². The molecule has 1 aliphatic carbocycles. The topological polar surface area (TPSA) is 23.6 Å². The van der Waals surface area contributed by atoms with Crippen molar-refractivity contribution in [1.29, 1.82) is 0 Å². The number of rotatable bonds is 5. The molecule has 0 radical (unpaired) electrons. The van der Waals surface area contributed by atoms with Gasteiger partial charge in [-0.15, -0.1) is 0 Å². The molecule has 1 fully saturated rings. The molecular formula is C19H30N2O. The van der Waals surface area contributed by atoms with Crippen LogP contribution in [0.2, 0.25) is 0 Å². The van der Waals surface area contributed by atoms with Crippen molar-refractivity contribution < 1.29 is 4.79 Å². The van der Waals surface area contributed by atoms with Crippen LogP contribution in [0.3, 0.4) is 0 Å². The van der Waals surface area contributed by atoms with Crippen molar-refractivity contribution in [3.05, 3.63) is 35.4 Å². The molecule has 3 nitrogen and oxygen atoms in total. The van der Waals surface area contributed by atoms with Crippen molar-refractivity contribution in [2.75, 3.05) is 14.1 Å². The quantitative estimate of drug-likeness (QED) is 0.829. The predicted molar refractivity (Wildman–Crippen MR) is 91.8 cm³/mol. The second kappa shape index (κ2) is 7.77. The van der Waals surface area contributed by atoms with Crippen LogP contribution in [0.15, 0.2) is 24.3 Å². The van der Waals surface area contributed by atoms with Gasteiger partial charge in [-0.25, -0.2) is 0 Å². The lowest BCUT2D eigenvalue weighted by Crippen LogP contribution is -2.48. The molecule has 1 unspecified atom stereocenters. The first-order chi connectivity index (χ1) is 10.5. The normalized spacial score (nSPS) is 17.5. The fourth-order valence-corrected chi connectivity index (χ4v) is 3.25. The van der Waals surface area contributed by atoms with E-state index in [9.17, 15) is 4.79 Å². The lowest BCUT2D eigenvalue weighted by atomic mass is 9.94. The highest BCUT2D eigenvalue weighted by atomic mass is 16.2. The highest BCUT2D eigenvalue weighted by Gasteiger charge is 2.27. The van der Waals surface area contributed by atoms with Gasteiger partial charge in [0.1, 0.15) is 0 Å². The van der Waals surface area contributed by atoms with Gasteiger partial charge in [-0.1, -0.05) is 49.1 Å². The van der Waals surface area contributed by atoms with Crippen molar-refractivity contribution in [3.63, 3.8) is 0 Å². The second-order valence-corrected chi connectivity index (χ2v) is 6.82. The van der Waals surface area contributed by atoms with E-state index in [-0.39, 0.29) is 11.9 Å². The fraction of sp³-hybridized carbons (Fsp3) is 0.632. The molecule has 0 aromatic heterocycles. The molecule has 1 aromatic rings. The Bertz CT molecular complexity index is 477. The van der Waals surface area contributed by atoms with Crippen LogP contribution >= 0.6 is 0 Å². The summed E-state index contributed by atoms with van der Waals surface area (Å²) >= 11 is 0.